The van der Waals surface area contributed by atoms with E-state index >= 15 is 0 Å². The van der Waals surface area contributed by atoms with Gasteiger partial charge in [0.1, 0.15) is 6.04 Å². The molecule has 1 aromatic carbocycles. The molecule has 28 heavy (non-hydrogen) atoms. The Bertz CT molecular complexity index is 902. The fourth-order valence-electron chi connectivity index (χ4n) is 4.75. The SMILES string of the molecule is O=C1CCC(N2C(=O)c3ccc(CNC4CCC45CNC5)cc3C2=O)C(=O)N1. The van der Waals surface area contributed by atoms with Crippen molar-refractivity contribution in [2.45, 2.75) is 44.3 Å². The standard InChI is InChI=1S/C20H22N4O4/c25-16-4-3-14(17(26)23-16)24-18(27)12-2-1-11(7-13(12)19(24)28)8-22-15-5-6-20(15)9-21-10-20/h1-2,7,14-15,21-22H,3-6,8-10H2,(H,23,25,26). The molecule has 2 saturated heterocycles. The van der Waals surface area contributed by atoms with E-state index in [4.69, 9.17) is 0 Å². The highest BCUT2D eigenvalue weighted by molar-refractivity contribution is 6.23. The molecule has 2 atom stereocenters. The molecule has 1 saturated carbocycles. The zero-order valence-corrected chi connectivity index (χ0v) is 15.4. The Balaban J connectivity index is 1.31. The number of imide groups is 2. The maximum atomic E-state index is 12.9. The van der Waals surface area contributed by atoms with Crippen molar-refractivity contribution in [2.24, 2.45) is 5.41 Å². The molecule has 0 aromatic heterocycles. The van der Waals surface area contributed by atoms with Gasteiger partial charge in [0.25, 0.3) is 11.8 Å². The normalized spacial score (nSPS) is 28.1. The molecule has 5 rings (SSSR count). The van der Waals surface area contributed by atoms with Crippen molar-refractivity contribution in [2.75, 3.05) is 13.1 Å². The average molecular weight is 382 g/mol. The van der Waals surface area contributed by atoms with E-state index in [1.165, 1.54) is 6.42 Å². The van der Waals surface area contributed by atoms with E-state index in [2.05, 4.69) is 16.0 Å². The summed E-state index contributed by atoms with van der Waals surface area (Å²) in [5.41, 5.74) is 1.99. The lowest BCUT2D eigenvalue weighted by Gasteiger charge is -2.56. The van der Waals surface area contributed by atoms with Crippen LogP contribution in [-0.4, -0.2) is 53.7 Å². The number of piperidine rings is 1. The highest BCUT2D eigenvalue weighted by Gasteiger charge is 2.50. The molecule has 2 unspecified atom stereocenters. The summed E-state index contributed by atoms with van der Waals surface area (Å²) in [5, 5.41) is 9.13. The molecule has 4 aliphatic rings. The Morgan fingerprint density at radius 1 is 1.07 bits per heavy atom. The van der Waals surface area contributed by atoms with Crippen molar-refractivity contribution in [3.63, 3.8) is 0 Å². The minimum atomic E-state index is -0.923. The quantitative estimate of drug-likeness (QED) is 0.630. The molecular weight excluding hydrogens is 360 g/mol. The van der Waals surface area contributed by atoms with Gasteiger partial charge in [0.15, 0.2) is 0 Å². The summed E-state index contributed by atoms with van der Waals surface area (Å²) in [5.74, 6) is -1.88. The van der Waals surface area contributed by atoms with Gasteiger partial charge in [-0.15, -0.1) is 0 Å². The van der Waals surface area contributed by atoms with Crippen LogP contribution in [0.5, 0.6) is 0 Å². The summed E-state index contributed by atoms with van der Waals surface area (Å²) in [6.45, 7) is 2.76. The second kappa shape index (κ2) is 6.22. The van der Waals surface area contributed by atoms with Crippen LogP contribution in [0.3, 0.4) is 0 Å². The molecule has 8 nitrogen and oxygen atoms in total. The molecule has 0 radical (unpaired) electrons. The van der Waals surface area contributed by atoms with Gasteiger partial charge in [-0.25, -0.2) is 0 Å². The van der Waals surface area contributed by atoms with Crippen LogP contribution in [0.2, 0.25) is 0 Å². The maximum Gasteiger partial charge on any atom is 0.262 e. The molecule has 8 heteroatoms. The number of amides is 4. The van der Waals surface area contributed by atoms with Crippen molar-refractivity contribution in [3.8, 4) is 0 Å². The summed E-state index contributed by atoms with van der Waals surface area (Å²) in [6, 6.07) is 4.83. The number of carbonyl (C=O) groups excluding carboxylic acids is 4. The summed E-state index contributed by atoms with van der Waals surface area (Å²) < 4.78 is 0. The first kappa shape index (κ1) is 17.5. The van der Waals surface area contributed by atoms with Crippen molar-refractivity contribution >= 4 is 23.6 Å². The zero-order chi connectivity index (χ0) is 19.5. The largest absolute Gasteiger partial charge is 0.315 e. The third-order valence-electron chi connectivity index (χ3n) is 6.68. The first-order chi connectivity index (χ1) is 13.5. The minimum absolute atomic E-state index is 0.122. The van der Waals surface area contributed by atoms with Gasteiger partial charge in [0, 0.05) is 37.5 Å². The monoisotopic (exact) mass is 382 g/mol. The van der Waals surface area contributed by atoms with Crippen LogP contribution in [0.15, 0.2) is 18.2 Å². The highest BCUT2D eigenvalue weighted by Crippen LogP contribution is 2.44. The maximum absolute atomic E-state index is 12.9. The van der Waals surface area contributed by atoms with Crippen LogP contribution in [-0.2, 0) is 16.1 Å². The Labute approximate surface area is 162 Å². The van der Waals surface area contributed by atoms with E-state index in [0.29, 0.717) is 29.1 Å². The number of rotatable bonds is 4. The number of carbonyl (C=O) groups is 4. The number of fused-ring (bicyclic) bond motifs is 1. The van der Waals surface area contributed by atoms with Crippen molar-refractivity contribution < 1.29 is 19.2 Å². The molecular formula is C20H22N4O4. The molecule has 1 spiro atoms. The van der Waals surface area contributed by atoms with Crippen LogP contribution in [0, 0.1) is 5.41 Å². The average Bonchev–Trinajstić information content (AvgIpc) is 2.84. The topological polar surface area (TPSA) is 108 Å². The molecule has 4 amide bonds. The first-order valence-corrected chi connectivity index (χ1v) is 9.77. The van der Waals surface area contributed by atoms with Gasteiger partial charge >= 0.3 is 0 Å². The molecule has 3 N–H and O–H groups in total. The summed E-state index contributed by atoms with van der Waals surface area (Å²) in [6.07, 6.45) is 2.70. The smallest absolute Gasteiger partial charge is 0.262 e. The zero-order valence-electron chi connectivity index (χ0n) is 15.4. The van der Waals surface area contributed by atoms with Crippen LogP contribution >= 0.6 is 0 Å². The molecule has 3 aliphatic heterocycles. The second-order valence-electron chi connectivity index (χ2n) is 8.27. The lowest BCUT2D eigenvalue weighted by Crippen LogP contribution is -2.68. The second-order valence-corrected chi connectivity index (χ2v) is 8.27. The number of nitrogens with zero attached hydrogens (tertiary/aromatic N) is 1. The van der Waals surface area contributed by atoms with Gasteiger partial charge in [0.05, 0.1) is 11.1 Å². The number of benzene rings is 1. The van der Waals surface area contributed by atoms with E-state index in [0.717, 1.165) is 30.0 Å². The molecule has 146 valence electrons. The Hall–Kier alpha value is -2.58. The van der Waals surface area contributed by atoms with Gasteiger partial charge < -0.3 is 10.6 Å². The van der Waals surface area contributed by atoms with E-state index in [9.17, 15) is 19.2 Å². The molecule has 0 bridgehead atoms. The van der Waals surface area contributed by atoms with Crippen LogP contribution in [0.4, 0.5) is 0 Å². The van der Waals surface area contributed by atoms with Crippen molar-refractivity contribution in [1.29, 1.82) is 0 Å². The summed E-state index contributed by atoms with van der Waals surface area (Å²) >= 11 is 0. The summed E-state index contributed by atoms with van der Waals surface area (Å²) in [7, 11) is 0. The van der Waals surface area contributed by atoms with Crippen LogP contribution in [0.25, 0.3) is 0 Å². The van der Waals surface area contributed by atoms with E-state index in [1.807, 2.05) is 6.07 Å². The van der Waals surface area contributed by atoms with Gasteiger partial charge in [-0.3, -0.25) is 29.4 Å². The van der Waals surface area contributed by atoms with Crippen LogP contribution < -0.4 is 16.0 Å². The summed E-state index contributed by atoms with van der Waals surface area (Å²) in [4.78, 5) is 50.1. The number of hydrogen-bond acceptors (Lipinski definition) is 6. The van der Waals surface area contributed by atoms with Crippen molar-refractivity contribution in [1.82, 2.24) is 20.9 Å². The fraction of sp³-hybridized carbons (Fsp3) is 0.500. The van der Waals surface area contributed by atoms with E-state index in [1.54, 1.807) is 12.1 Å². The fourth-order valence-corrected chi connectivity index (χ4v) is 4.75. The molecule has 1 aromatic rings. The van der Waals surface area contributed by atoms with Crippen LogP contribution in [0.1, 0.15) is 52.0 Å². The van der Waals surface area contributed by atoms with Crippen molar-refractivity contribution in [3.05, 3.63) is 34.9 Å². The van der Waals surface area contributed by atoms with Gasteiger partial charge in [-0.1, -0.05) is 6.07 Å². The lowest BCUT2D eigenvalue weighted by molar-refractivity contribution is -0.136. The lowest BCUT2D eigenvalue weighted by atomic mass is 9.60. The third-order valence-corrected chi connectivity index (χ3v) is 6.68. The minimum Gasteiger partial charge on any atom is -0.315 e. The number of nitrogens with one attached hydrogen (secondary N) is 3. The Morgan fingerprint density at radius 2 is 1.86 bits per heavy atom. The Kier molecular flexibility index (Phi) is 3.89. The van der Waals surface area contributed by atoms with E-state index in [-0.39, 0.29) is 18.7 Å². The molecule has 3 fully saturated rings. The van der Waals surface area contributed by atoms with E-state index < -0.39 is 23.8 Å². The van der Waals surface area contributed by atoms with Gasteiger partial charge in [-0.05, 0) is 37.0 Å². The third kappa shape index (κ3) is 2.51. The number of hydrogen-bond donors (Lipinski definition) is 3. The molecule has 1 aliphatic carbocycles. The Morgan fingerprint density at radius 3 is 2.50 bits per heavy atom. The first-order valence-electron chi connectivity index (χ1n) is 9.77. The van der Waals surface area contributed by atoms with Gasteiger partial charge in [-0.2, -0.15) is 0 Å². The predicted octanol–water partition coefficient (Wildman–Crippen LogP) is -0.0706. The predicted molar refractivity (Wildman–Crippen MR) is 98.3 cm³/mol. The highest BCUT2D eigenvalue weighted by atomic mass is 16.2. The van der Waals surface area contributed by atoms with Gasteiger partial charge in [0.2, 0.25) is 11.8 Å². The molecule has 3 heterocycles.